The van der Waals surface area contributed by atoms with Crippen LogP contribution in [0.5, 0.6) is 0 Å². The summed E-state index contributed by atoms with van der Waals surface area (Å²) in [5.41, 5.74) is 3.47. The first-order valence-corrected chi connectivity index (χ1v) is 6.98. The summed E-state index contributed by atoms with van der Waals surface area (Å²) >= 11 is 6.07. The number of halogens is 2. The van der Waals surface area contributed by atoms with E-state index in [4.69, 9.17) is 17.4 Å². The quantitative estimate of drug-likeness (QED) is 0.420. The van der Waals surface area contributed by atoms with E-state index in [1.165, 1.54) is 37.8 Å². The van der Waals surface area contributed by atoms with Gasteiger partial charge in [-0.2, -0.15) is 0 Å². The van der Waals surface area contributed by atoms with Crippen LogP contribution in [0.1, 0.15) is 57.1 Å². The predicted octanol–water partition coefficient (Wildman–Crippen LogP) is 4.34. The summed E-state index contributed by atoms with van der Waals surface area (Å²) in [5.74, 6) is 5.26. The van der Waals surface area contributed by atoms with E-state index >= 15 is 0 Å². The Morgan fingerprint density at radius 3 is 2.67 bits per heavy atom. The summed E-state index contributed by atoms with van der Waals surface area (Å²) in [4.78, 5) is 0. The monoisotopic (exact) mass is 272 g/mol. The highest BCUT2D eigenvalue weighted by Gasteiger charge is 2.13. The third-order valence-corrected chi connectivity index (χ3v) is 3.48. The van der Waals surface area contributed by atoms with Crippen LogP contribution < -0.4 is 11.3 Å². The molecule has 102 valence electrons. The molecular weight excluding hydrogens is 251 g/mol. The molecule has 0 aliphatic rings. The van der Waals surface area contributed by atoms with Crippen molar-refractivity contribution in [2.45, 2.75) is 51.5 Å². The Labute approximate surface area is 114 Å². The number of nitrogens with one attached hydrogen (secondary N) is 1. The standard InChI is InChI=1S/C14H22ClFN2/c1-2-3-4-5-6-7-14(18-17)12-10-11(16)8-9-13(12)15/h8-10,14,18H,2-7,17H2,1H3. The van der Waals surface area contributed by atoms with Gasteiger partial charge in [0.25, 0.3) is 0 Å². The minimum Gasteiger partial charge on any atom is -0.271 e. The fraction of sp³-hybridized carbons (Fsp3) is 0.571. The molecule has 1 rings (SSSR count). The maximum atomic E-state index is 13.2. The van der Waals surface area contributed by atoms with Gasteiger partial charge in [-0.15, -0.1) is 0 Å². The van der Waals surface area contributed by atoms with Crippen molar-refractivity contribution in [3.8, 4) is 0 Å². The van der Waals surface area contributed by atoms with E-state index in [0.717, 1.165) is 18.4 Å². The van der Waals surface area contributed by atoms with Gasteiger partial charge in [0, 0.05) is 11.1 Å². The van der Waals surface area contributed by atoms with Crippen molar-refractivity contribution in [1.82, 2.24) is 5.43 Å². The number of benzene rings is 1. The summed E-state index contributed by atoms with van der Waals surface area (Å²) in [6.45, 7) is 2.19. The van der Waals surface area contributed by atoms with Crippen molar-refractivity contribution in [1.29, 1.82) is 0 Å². The fourth-order valence-electron chi connectivity index (χ4n) is 2.06. The molecule has 3 N–H and O–H groups in total. The van der Waals surface area contributed by atoms with Gasteiger partial charge in [0.2, 0.25) is 0 Å². The first-order valence-electron chi connectivity index (χ1n) is 6.60. The van der Waals surface area contributed by atoms with Crippen LogP contribution in [-0.2, 0) is 0 Å². The number of hydrogen-bond donors (Lipinski definition) is 2. The van der Waals surface area contributed by atoms with Gasteiger partial charge >= 0.3 is 0 Å². The van der Waals surface area contributed by atoms with Gasteiger partial charge < -0.3 is 0 Å². The summed E-state index contributed by atoms with van der Waals surface area (Å²) in [7, 11) is 0. The lowest BCUT2D eigenvalue weighted by Gasteiger charge is -2.17. The Kier molecular flexibility index (Phi) is 7.25. The minimum atomic E-state index is -0.277. The number of nitrogens with two attached hydrogens (primary N) is 1. The van der Waals surface area contributed by atoms with E-state index in [0.29, 0.717) is 5.02 Å². The lowest BCUT2D eigenvalue weighted by atomic mass is 10.00. The summed E-state index contributed by atoms with van der Waals surface area (Å²) in [5, 5.41) is 0.563. The third kappa shape index (κ3) is 4.92. The molecule has 0 aliphatic carbocycles. The lowest BCUT2D eigenvalue weighted by molar-refractivity contribution is 0.476. The van der Waals surface area contributed by atoms with Crippen LogP contribution in [0.2, 0.25) is 5.02 Å². The maximum Gasteiger partial charge on any atom is 0.123 e. The molecule has 0 aliphatic heterocycles. The average molecular weight is 273 g/mol. The summed E-state index contributed by atoms with van der Waals surface area (Å²) in [6.07, 6.45) is 6.87. The molecule has 0 saturated carbocycles. The van der Waals surface area contributed by atoms with Crippen LogP contribution in [0.25, 0.3) is 0 Å². The van der Waals surface area contributed by atoms with E-state index < -0.39 is 0 Å². The van der Waals surface area contributed by atoms with Gasteiger partial charge in [0.15, 0.2) is 0 Å². The molecule has 0 aromatic heterocycles. The topological polar surface area (TPSA) is 38.0 Å². The number of unbranched alkanes of at least 4 members (excludes halogenated alkanes) is 4. The van der Waals surface area contributed by atoms with Gasteiger partial charge in [-0.1, -0.05) is 50.6 Å². The van der Waals surface area contributed by atoms with Crippen LogP contribution in [-0.4, -0.2) is 0 Å². The number of hydrogen-bond acceptors (Lipinski definition) is 2. The Morgan fingerprint density at radius 1 is 1.28 bits per heavy atom. The van der Waals surface area contributed by atoms with Crippen molar-refractivity contribution in [2.75, 3.05) is 0 Å². The van der Waals surface area contributed by atoms with Crippen molar-refractivity contribution in [3.63, 3.8) is 0 Å². The van der Waals surface area contributed by atoms with Crippen molar-refractivity contribution in [2.24, 2.45) is 5.84 Å². The molecule has 0 heterocycles. The maximum absolute atomic E-state index is 13.2. The Morgan fingerprint density at radius 2 is 2.00 bits per heavy atom. The molecular formula is C14H22ClFN2. The van der Waals surface area contributed by atoms with Gasteiger partial charge in [-0.25, -0.2) is 4.39 Å². The van der Waals surface area contributed by atoms with Crippen molar-refractivity contribution in [3.05, 3.63) is 34.6 Å². The Hall–Kier alpha value is -0.640. The number of hydrazine groups is 1. The molecule has 1 unspecified atom stereocenters. The third-order valence-electron chi connectivity index (χ3n) is 3.13. The summed E-state index contributed by atoms with van der Waals surface area (Å²) < 4.78 is 13.2. The Balaban J connectivity index is 2.52. The molecule has 0 amide bonds. The van der Waals surface area contributed by atoms with Crippen molar-refractivity contribution < 1.29 is 4.39 Å². The molecule has 0 saturated heterocycles. The van der Waals surface area contributed by atoms with E-state index in [1.54, 1.807) is 6.07 Å². The molecule has 1 aromatic carbocycles. The van der Waals surface area contributed by atoms with Crippen LogP contribution in [0.4, 0.5) is 4.39 Å². The zero-order valence-electron chi connectivity index (χ0n) is 10.9. The highest BCUT2D eigenvalue weighted by Crippen LogP contribution is 2.27. The zero-order valence-corrected chi connectivity index (χ0v) is 11.6. The van der Waals surface area contributed by atoms with Crippen LogP contribution >= 0.6 is 11.6 Å². The number of rotatable bonds is 8. The van der Waals surface area contributed by atoms with Crippen LogP contribution in [0.3, 0.4) is 0 Å². The molecule has 1 atom stereocenters. The largest absolute Gasteiger partial charge is 0.271 e. The molecule has 0 bridgehead atoms. The van der Waals surface area contributed by atoms with Gasteiger partial charge in [0.05, 0.1) is 0 Å². The first kappa shape index (κ1) is 15.4. The molecule has 4 heteroatoms. The SMILES string of the molecule is CCCCCCCC(NN)c1cc(F)ccc1Cl. The second-order valence-electron chi connectivity index (χ2n) is 4.59. The van der Waals surface area contributed by atoms with Crippen LogP contribution in [0, 0.1) is 5.82 Å². The van der Waals surface area contributed by atoms with Gasteiger partial charge in [0.1, 0.15) is 5.82 Å². The summed E-state index contributed by atoms with van der Waals surface area (Å²) in [6, 6.07) is 4.32. The first-order chi connectivity index (χ1) is 8.69. The molecule has 0 spiro atoms. The normalized spacial score (nSPS) is 12.7. The highest BCUT2D eigenvalue weighted by atomic mass is 35.5. The minimum absolute atomic E-state index is 0.0742. The van der Waals surface area contributed by atoms with Gasteiger partial charge in [-0.05, 0) is 30.2 Å². The molecule has 0 radical (unpaired) electrons. The highest BCUT2D eigenvalue weighted by molar-refractivity contribution is 6.31. The molecule has 2 nitrogen and oxygen atoms in total. The fourth-order valence-corrected chi connectivity index (χ4v) is 2.31. The van der Waals surface area contributed by atoms with Gasteiger partial charge in [-0.3, -0.25) is 11.3 Å². The Bertz CT molecular complexity index is 358. The average Bonchev–Trinajstić information content (AvgIpc) is 2.37. The van der Waals surface area contributed by atoms with E-state index in [9.17, 15) is 4.39 Å². The second kappa shape index (κ2) is 8.46. The lowest BCUT2D eigenvalue weighted by Crippen LogP contribution is -2.28. The molecule has 1 aromatic rings. The second-order valence-corrected chi connectivity index (χ2v) is 5.00. The molecule has 0 fully saturated rings. The van der Waals surface area contributed by atoms with E-state index in [-0.39, 0.29) is 11.9 Å². The smallest absolute Gasteiger partial charge is 0.123 e. The van der Waals surface area contributed by atoms with Crippen molar-refractivity contribution >= 4 is 11.6 Å². The zero-order chi connectivity index (χ0) is 13.4. The van der Waals surface area contributed by atoms with E-state index in [1.807, 2.05) is 0 Å². The van der Waals surface area contributed by atoms with Crippen LogP contribution in [0.15, 0.2) is 18.2 Å². The van der Waals surface area contributed by atoms with E-state index in [2.05, 4.69) is 12.3 Å². The predicted molar refractivity (Wildman–Crippen MR) is 74.9 cm³/mol. The molecule has 18 heavy (non-hydrogen) atoms.